The van der Waals surface area contributed by atoms with Gasteiger partial charge in [-0.2, -0.15) is 5.10 Å². The Morgan fingerprint density at radius 1 is 1.36 bits per heavy atom. The molecule has 0 spiro atoms. The zero-order valence-corrected chi connectivity index (χ0v) is 12.7. The molecule has 4 rings (SSSR count). The zero-order valence-electron chi connectivity index (χ0n) is 12.7. The van der Waals surface area contributed by atoms with Gasteiger partial charge in [-0.3, -0.25) is 9.89 Å². The molecule has 4 N–H and O–H groups in total. The number of carbonyl (C=O) groups excluding carboxylic acids is 1. The number of aromatic amines is 1. The molecule has 22 heavy (non-hydrogen) atoms. The number of anilines is 1. The SMILES string of the molecule is CN1C2CCC1CC(NC(=O)c1n[nH]c3ccc(N)cc13)C2. The van der Waals surface area contributed by atoms with Crippen LogP contribution in [0.25, 0.3) is 10.9 Å². The summed E-state index contributed by atoms with van der Waals surface area (Å²) in [5, 5.41) is 11.0. The number of nitrogens with two attached hydrogens (primary N) is 1. The Morgan fingerprint density at radius 3 is 2.82 bits per heavy atom. The van der Waals surface area contributed by atoms with E-state index in [4.69, 9.17) is 5.73 Å². The molecule has 1 amide bonds. The Labute approximate surface area is 129 Å². The summed E-state index contributed by atoms with van der Waals surface area (Å²) in [6.07, 6.45) is 4.55. The fourth-order valence-electron chi connectivity index (χ4n) is 3.99. The standard InChI is InChI=1S/C16H21N5O/c1-21-11-3-4-12(21)8-10(7-11)18-16(22)15-13-6-9(17)2-5-14(13)19-20-15/h2,5-6,10-12H,3-4,7-8,17H2,1H3,(H,18,22)(H,19,20). The van der Waals surface area contributed by atoms with Crippen molar-refractivity contribution < 1.29 is 4.79 Å². The van der Waals surface area contributed by atoms with Crippen LogP contribution in [0.1, 0.15) is 36.2 Å². The summed E-state index contributed by atoms with van der Waals surface area (Å²) in [4.78, 5) is 15.0. The lowest BCUT2D eigenvalue weighted by Crippen LogP contribution is -2.48. The average Bonchev–Trinajstić information content (AvgIpc) is 2.97. The molecule has 2 aromatic rings. The molecular weight excluding hydrogens is 278 g/mol. The Kier molecular flexibility index (Phi) is 3.07. The van der Waals surface area contributed by atoms with Gasteiger partial charge in [0.15, 0.2) is 5.69 Å². The topological polar surface area (TPSA) is 87.0 Å². The number of rotatable bonds is 2. The van der Waals surface area contributed by atoms with Crippen molar-refractivity contribution in [3.05, 3.63) is 23.9 Å². The van der Waals surface area contributed by atoms with E-state index in [-0.39, 0.29) is 11.9 Å². The fourth-order valence-corrected chi connectivity index (χ4v) is 3.99. The van der Waals surface area contributed by atoms with E-state index in [0.29, 0.717) is 23.5 Å². The molecule has 1 aromatic carbocycles. The number of hydrogen-bond acceptors (Lipinski definition) is 4. The third kappa shape index (κ3) is 2.14. The second-order valence-corrected chi connectivity index (χ2v) is 6.57. The van der Waals surface area contributed by atoms with Crippen LogP contribution in [0.15, 0.2) is 18.2 Å². The van der Waals surface area contributed by atoms with Crippen molar-refractivity contribution in [1.29, 1.82) is 0 Å². The van der Waals surface area contributed by atoms with Crippen LogP contribution in [0.4, 0.5) is 5.69 Å². The number of amides is 1. The Morgan fingerprint density at radius 2 is 2.09 bits per heavy atom. The predicted molar refractivity (Wildman–Crippen MR) is 85.6 cm³/mol. The van der Waals surface area contributed by atoms with Gasteiger partial charge < -0.3 is 16.0 Å². The Bertz CT molecular complexity index is 710. The minimum absolute atomic E-state index is 0.106. The molecule has 2 saturated heterocycles. The smallest absolute Gasteiger partial charge is 0.272 e. The fraction of sp³-hybridized carbons (Fsp3) is 0.500. The maximum absolute atomic E-state index is 12.6. The molecule has 2 unspecified atom stereocenters. The number of nitrogens with one attached hydrogen (secondary N) is 2. The highest BCUT2D eigenvalue weighted by Gasteiger charge is 2.39. The monoisotopic (exact) mass is 299 g/mol. The van der Waals surface area contributed by atoms with Crippen LogP contribution < -0.4 is 11.1 Å². The molecule has 2 bridgehead atoms. The highest BCUT2D eigenvalue weighted by atomic mass is 16.2. The summed E-state index contributed by atoms with van der Waals surface area (Å²) in [5.74, 6) is -0.106. The van der Waals surface area contributed by atoms with E-state index in [1.165, 1.54) is 12.8 Å². The lowest BCUT2D eigenvalue weighted by atomic mass is 9.98. The van der Waals surface area contributed by atoms with Gasteiger partial charge in [0, 0.05) is 29.2 Å². The second kappa shape index (κ2) is 4.98. The number of benzene rings is 1. The normalized spacial score (nSPS) is 28.1. The van der Waals surface area contributed by atoms with E-state index in [0.717, 1.165) is 23.7 Å². The van der Waals surface area contributed by atoms with Gasteiger partial charge in [-0.15, -0.1) is 0 Å². The molecule has 0 saturated carbocycles. The maximum Gasteiger partial charge on any atom is 0.272 e. The first-order chi connectivity index (χ1) is 10.6. The molecule has 2 aliphatic heterocycles. The molecule has 2 fully saturated rings. The number of nitrogens with zero attached hydrogens (tertiary/aromatic N) is 2. The van der Waals surface area contributed by atoms with Crippen LogP contribution in [0, 0.1) is 0 Å². The number of carbonyl (C=O) groups is 1. The van der Waals surface area contributed by atoms with Crippen LogP contribution >= 0.6 is 0 Å². The van der Waals surface area contributed by atoms with Crippen molar-refractivity contribution in [2.75, 3.05) is 12.8 Å². The lowest BCUT2D eigenvalue weighted by molar-refractivity contribution is 0.0879. The van der Waals surface area contributed by atoms with Crippen LogP contribution in [-0.2, 0) is 0 Å². The molecule has 6 nitrogen and oxygen atoms in total. The molecule has 116 valence electrons. The maximum atomic E-state index is 12.6. The molecule has 6 heteroatoms. The average molecular weight is 299 g/mol. The van der Waals surface area contributed by atoms with Gasteiger partial charge >= 0.3 is 0 Å². The number of fused-ring (bicyclic) bond motifs is 3. The van der Waals surface area contributed by atoms with Gasteiger partial charge in [-0.05, 0) is 50.9 Å². The summed E-state index contributed by atoms with van der Waals surface area (Å²) in [6.45, 7) is 0. The molecule has 3 heterocycles. The van der Waals surface area contributed by atoms with E-state index in [1.807, 2.05) is 6.07 Å². The summed E-state index contributed by atoms with van der Waals surface area (Å²) in [5.41, 5.74) is 7.73. The van der Waals surface area contributed by atoms with E-state index in [1.54, 1.807) is 12.1 Å². The van der Waals surface area contributed by atoms with Crippen molar-refractivity contribution in [3.63, 3.8) is 0 Å². The molecule has 2 aliphatic rings. The number of hydrogen-bond donors (Lipinski definition) is 3. The number of aromatic nitrogens is 2. The van der Waals surface area contributed by atoms with E-state index in [9.17, 15) is 4.79 Å². The molecule has 2 atom stereocenters. The third-order valence-corrected chi connectivity index (χ3v) is 5.24. The minimum Gasteiger partial charge on any atom is -0.399 e. The highest BCUT2D eigenvalue weighted by Crippen LogP contribution is 2.34. The lowest BCUT2D eigenvalue weighted by Gasteiger charge is -2.36. The van der Waals surface area contributed by atoms with Crippen molar-refractivity contribution in [2.24, 2.45) is 0 Å². The quantitative estimate of drug-likeness (QED) is 0.733. The first-order valence-electron chi connectivity index (χ1n) is 7.88. The van der Waals surface area contributed by atoms with Gasteiger partial charge in [0.25, 0.3) is 5.91 Å². The van der Waals surface area contributed by atoms with E-state index < -0.39 is 0 Å². The van der Waals surface area contributed by atoms with Crippen molar-refractivity contribution in [1.82, 2.24) is 20.4 Å². The van der Waals surface area contributed by atoms with Crippen LogP contribution in [-0.4, -0.2) is 46.2 Å². The van der Waals surface area contributed by atoms with Crippen LogP contribution in [0.2, 0.25) is 0 Å². The minimum atomic E-state index is -0.106. The van der Waals surface area contributed by atoms with Gasteiger partial charge in [0.05, 0.1) is 5.52 Å². The van der Waals surface area contributed by atoms with Gasteiger partial charge in [0.1, 0.15) is 0 Å². The van der Waals surface area contributed by atoms with E-state index in [2.05, 4.69) is 27.5 Å². The zero-order chi connectivity index (χ0) is 15.3. The molecule has 1 aromatic heterocycles. The van der Waals surface area contributed by atoms with Crippen LogP contribution in [0.5, 0.6) is 0 Å². The Balaban J connectivity index is 1.53. The van der Waals surface area contributed by atoms with Gasteiger partial charge in [-0.1, -0.05) is 0 Å². The highest BCUT2D eigenvalue weighted by molar-refractivity contribution is 6.05. The molecule has 0 aliphatic carbocycles. The summed E-state index contributed by atoms with van der Waals surface area (Å²) in [7, 11) is 2.20. The number of piperidine rings is 1. The van der Waals surface area contributed by atoms with E-state index >= 15 is 0 Å². The summed E-state index contributed by atoms with van der Waals surface area (Å²) in [6, 6.07) is 6.91. The first-order valence-corrected chi connectivity index (χ1v) is 7.88. The Hall–Kier alpha value is -2.08. The van der Waals surface area contributed by atoms with Crippen molar-refractivity contribution >= 4 is 22.5 Å². The predicted octanol–water partition coefficient (Wildman–Crippen LogP) is 1.50. The largest absolute Gasteiger partial charge is 0.399 e. The van der Waals surface area contributed by atoms with Crippen molar-refractivity contribution in [3.8, 4) is 0 Å². The van der Waals surface area contributed by atoms with Gasteiger partial charge in [0.2, 0.25) is 0 Å². The second-order valence-electron chi connectivity index (χ2n) is 6.57. The van der Waals surface area contributed by atoms with Crippen molar-refractivity contribution in [2.45, 2.75) is 43.8 Å². The summed E-state index contributed by atoms with van der Waals surface area (Å²) >= 11 is 0. The first kappa shape index (κ1) is 13.6. The molecular formula is C16H21N5O. The third-order valence-electron chi connectivity index (χ3n) is 5.24. The summed E-state index contributed by atoms with van der Waals surface area (Å²) < 4.78 is 0. The number of H-pyrrole nitrogens is 1. The molecule has 0 radical (unpaired) electrons. The number of nitrogen functional groups attached to an aromatic ring is 1. The van der Waals surface area contributed by atoms with Gasteiger partial charge in [-0.25, -0.2) is 0 Å². The van der Waals surface area contributed by atoms with Crippen LogP contribution in [0.3, 0.4) is 0 Å².